The number of nitrogens with zero attached hydrogens (tertiary/aromatic N) is 3. The summed E-state index contributed by atoms with van der Waals surface area (Å²) in [4.78, 5) is 17.4. The zero-order valence-corrected chi connectivity index (χ0v) is 21.7. The molecule has 1 amide bonds. The summed E-state index contributed by atoms with van der Waals surface area (Å²) in [6, 6.07) is 27.5. The minimum atomic E-state index is -3.46. The van der Waals surface area contributed by atoms with Crippen LogP contribution in [0.5, 0.6) is 5.75 Å². The summed E-state index contributed by atoms with van der Waals surface area (Å²) >= 11 is 0. The van der Waals surface area contributed by atoms with Gasteiger partial charge in [0.1, 0.15) is 5.75 Å². The van der Waals surface area contributed by atoms with Crippen LogP contribution in [0.4, 0.5) is 0 Å². The highest BCUT2D eigenvalue weighted by atomic mass is 32.2. The Morgan fingerprint density at radius 2 is 1.27 bits per heavy atom. The molecular formula is C29H33N3O4S. The van der Waals surface area contributed by atoms with Crippen LogP contribution in [0.25, 0.3) is 0 Å². The monoisotopic (exact) mass is 519 g/mol. The van der Waals surface area contributed by atoms with Gasteiger partial charge in [-0.2, -0.15) is 4.31 Å². The lowest BCUT2D eigenvalue weighted by atomic mass is 9.96. The number of ether oxygens (including phenoxy) is 1. The van der Waals surface area contributed by atoms with Gasteiger partial charge in [0.2, 0.25) is 10.0 Å². The zero-order chi connectivity index (χ0) is 25.7. The Hall–Kier alpha value is -3.20. The van der Waals surface area contributed by atoms with Crippen LogP contribution in [0, 0.1) is 0 Å². The van der Waals surface area contributed by atoms with E-state index in [0.29, 0.717) is 31.9 Å². The second-order valence-electron chi connectivity index (χ2n) is 9.51. The molecule has 2 fully saturated rings. The Bertz CT molecular complexity index is 1230. The van der Waals surface area contributed by atoms with Gasteiger partial charge >= 0.3 is 0 Å². The SMILES string of the molecule is O=C(COc1ccc(S(=O)(=O)N2CCCC2)cc1)N1CCN(C(c2ccccc2)c2ccccc2)CC1. The molecule has 2 saturated heterocycles. The first-order valence-corrected chi connectivity index (χ1v) is 14.3. The Morgan fingerprint density at radius 1 is 0.730 bits per heavy atom. The molecule has 2 aliphatic heterocycles. The molecule has 5 rings (SSSR count). The van der Waals surface area contributed by atoms with E-state index in [-0.39, 0.29) is 23.5 Å². The van der Waals surface area contributed by atoms with E-state index in [4.69, 9.17) is 4.74 Å². The number of sulfonamides is 1. The topological polar surface area (TPSA) is 70.2 Å². The number of carbonyl (C=O) groups is 1. The summed E-state index contributed by atoms with van der Waals surface area (Å²) in [5.41, 5.74) is 2.49. The third-order valence-electron chi connectivity index (χ3n) is 7.15. The van der Waals surface area contributed by atoms with Crippen molar-refractivity contribution in [3.63, 3.8) is 0 Å². The number of benzene rings is 3. The van der Waals surface area contributed by atoms with Gasteiger partial charge in [0, 0.05) is 39.3 Å². The highest BCUT2D eigenvalue weighted by molar-refractivity contribution is 7.89. The minimum Gasteiger partial charge on any atom is -0.484 e. The van der Waals surface area contributed by atoms with E-state index in [1.165, 1.54) is 15.4 Å². The van der Waals surface area contributed by atoms with Crippen LogP contribution in [-0.2, 0) is 14.8 Å². The molecule has 2 aliphatic rings. The van der Waals surface area contributed by atoms with Crippen LogP contribution in [-0.4, -0.2) is 74.3 Å². The van der Waals surface area contributed by atoms with Crippen LogP contribution in [0.3, 0.4) is 0 Å². The highest BCUT2D eigenvalue weighted by Gasteiger charge is 2.29. The molecule has 0 saturated carbocycles. The number of hydrogen-bond donors (Lipinski definition) is 0. The van der Waals surface area contributed by atoms with E-state index < -0.39 is 10.0 Å². The first-order chi connectivity index (χ1) is 18.0. The first kappa shape index (κ1) is 25.4. The van der Waals surface area contributed by atoms with E-state index in [1.807, 2.05) is 17.0 Å². The molecule has 3 aromatic carbocycles. The molecule has 7 nitrogen and oxygen atoms in total. The maximum absolute atomic E-state index is 12.9. The first-order valence-electron chi connectivity index (χ1n) is 12.9. The Kier molecular flexibility index (Phi) is 7.88. The van der Waals surface area contributed by atoms with Gasteiger partial charge in [-0.15, -0.1) is 0 Å². The molecule has 0 radical (unpaired) electrons. The van der Waals surface area contributed by atoms with Crippen molar-refractivity contribution >= 4 is 15.9 Å². The van der Waals surface area contributed by atoms with Crippen molar-refractivity contribution in [2.75, 3.05) is 45.9 Å². The van der Waals surface area contributed by atoms with Gasteiger partial charge in [0.25, 0.3) is 5.91 Å². The van der Waals surface area contributed by atoms with Crippen LogP contribution in [0.1, 0.15) is 30.0 Å². The lowest BCUT2D eigenvalue weighted by Crippen LogP contribution is -2.51. The van der Waals surface area contributed by atoms with E-state index in [9.17, 15) is 13.2 Å². The van der Waals surface area contributed by atoms with Crippen molar-refractivity contribution in [2.45, 2.75) is 23.8 Å². The van der Waals surface area contributed by atoms with Gasteiger partial charge in [-0.05, 0) is 48.2 Å². The van der Waals surface area contributed by atoms with Gasteiger partial charge in [-0.25, -0.2) is 8.42 Å². The number of rotatable bonds is 8. The van der Waals surface area contributed by atoms with Gasteiger partial charge < -0.3 is 9.64 Å². The molecule has 3 aromatic rings. The van der Waals surface area contributed by atoms with Crippen molar-refractivity contribution < 1.29 is 17.9 Å². The van der Waals surface area contributed by atoms with Crippen LogP contribution < -0.4 is 4.74 Å². The minimum absolute atomic E-state index is 0.0654. The predicted octanol–water partition coefficient (Wildman–Crippen LogP) is 3.78. The van der Waals surface area contributed by atoms with Gasteiger partial charge in [0.05, 0.1) is 10.9 Å². The maximum atomic E-state index is 12.9. The average molecular weight is 520 g/mol. The number of carbonyl (C=O) groups excluding carboxylic acids is 1. The van der Waals surface area contributed by atoms with Crippen molar-refractivity contribution in [1.82, 2.24) is 14.1 Å². The van der Waals surface area contributed by atoms with E-state index in [0.717, 1.165) is 25.9 Å². The summed E-state index contributed by atoms with van der Waals surface area (Å²) in [6.45, 7) is 3.86. The number of amides is 1. The fourth-order valence-corrected chi connectivity index (χ4v) is 6.65. The Labute approximate surface area is 219 Å². The molecule has 0 aliphatic carbocycles. The molecule has 0 spiro atoms. The molecule has 37 heavy (non-hydrogen) atoms. The van der Waals surface area contributed by atoms with Gasteiger partial charge in [-0.1, -0.05) is 60.7 Å². The quantitative estimate of drug-likeness (QED) is 0.453. The summed E-state index contributed by atoms with van der Waals surface area (Å²) in [5, 5.41) is 0. The number of piperazine rings is 1. The fourth-order valence-electron chi connectivity index (χ4n) is 5.14. The number of hydrogen-bond acceptors (Lipinski definition) is 5. The zero-order valence-electron chi connectivity index (χ0n) is 20.9. The predicted molar refractivity (Wildman–Crippen MR) is 143 cm³/mol. The summed E-state index contributed by atoms with van der Waals surface area (Å²) in [6.07, 6.45) is 1.80. The summed E-state index contributed by atoms with van der Waals surface area (Å²) < 4.78 is 32.6. The van der Waals surface area contributed by atoms with E-state index in [1.54, 1.807) is 24.3 Å². The van der Waals surface area contributed by atoms with Crippen molar-refractivity contribution in [3.8, 4) is 5.75 Å². The largest absolute Gasteiger partial charge is 0.484 e. The molecule has 0 bridgehead atoms. The molecular weight excluding hydrogens is 486 g/mol. The lowest BCUT2D eigenvalue weighted by Gasteiger charge is -2.39. The van der Waals surface area contributed by atoms with E-state index >= 15 is 0 Å². The second-order valence-corrected chi connectivity index (χ2v) is 11.4. The molecule has 2 heterocycles. The molecule has 0 unspecified atom stereocenters. The normalized spacial score (nSPS) is 17.3. The summed E-state index contributed by atoms with van der Waals surface area (Å²) in [5.74, 6) is 0.421. The standard InChI is InChI=1S/C29H33N3O4S/c33-28(23-36-26-13-15-27(16-14-26)37(34,35)32-17-7-8-18-32)30-19-21-31(22-20-30)29(24-9-3-1-4-10-24)25-11-5-2-6-12-25/h1-6,9-16,29H,7-8,17-23H2. The average Bonchev–Trinajstić information content (AvgIpc) is 3.50. The van der Waals surface area contributed by atoms with Crippen molar-refractivity contribution in [2.24, 2.45) is 0 Å². The second kappa shape index (κ2) is 11.5. The van der Waals surface area contributed by atoms with Crippen LogP contribution >= 0.6 is 0 Å². The Balaban J connectivity index is 1.16. The smallest absolute Gasteiger partial charge is 0.260 e. The molecule has 8 heteroatoms. The molecule has 0 N–H and O–H groups in total. The van der Waals surface area contributed by atoms with Crippen molar-refractivity contribution in [3.05, 3.63) is 96.1 Å². The fraction of sp³-hybridized carbons (Fsp3) is 0.345. The highest BCUT2D eigenvalue weighted by Crippen LogP contribution is 2.29. The van der Waals surface area contributed by atoms with Crippen LogP contribution in [0.15, 0.2) is 89.8 Å². The Morgan fingerprint density at radius 3 is 1.81 bits per heavy atom. The van der Waals surface area contributed by atoms with Gasteiger partial charge in [-0.3, -0.25) is 9.69 Å². The third-order valence-corrected chi connectivity index (χ3v) is 9.06. The maximum Gasteiger partial charge on any atom is 0.260 e. The lowest BCUT2D eigenvalue weighted by molar-refractivity contribution is -0.135. The molecule has 0 atom stereocenters. The van der Waals surface area contributed by atoms with Crippen LogP contribution in [0.2, 0.25) is 0 Å². The molecule has 0 aromatic heterocycles. The van der Waals surface area contributed by atoms with E-state index in [2.05, 4.69) is 53.4 Å². The van der Waals surface area contributed by atoms with Crippen molar-refractivity contribution in [1.29, 1.82) is 0 Å². The van der Waals surface area contributed by atoms with Gasteiger partial charge in [0.15, 0.2) is 6.61 Å². The summed E-state index contributed by atoms with van der Waals surface area (Å²) in [7, 11) is -3.46. The molecule has 194 valence electrons. The third kappa shape index (κ3) is 5.87.